The number of carbonyl (C=O) groups excluding carboxylic acids is 1. The number of fused-ring (bicyclic) bond motifs is 1. The number of imidazole rings is 1. The van der Waals surface area contributed by atoms with Crippen LogP contribution in [0.3, 0.4) is 0 Å². The SMILES string of the molecule is COc1cc(C(=O)N2CCCC(CCN3CCC(N(Cc4ccc(F)cc4)c4nc5ccccc5[nH]4)CC3)(c3ccccc3)C2)cc(OC)c1OC. The van der Waals surface area contributed by atoms with Gasteiger partial charge in [-0.1, -0.05) is 54.6 Å². The predicted molar refractivity (Wildman–Crippen MR) is 202 cm³/mol. The molecule has 1 unspecified atom stereocenters. The van der Waals surface area contributed by atoms with Crippen molar-refractivity contribution in [3.63, 3.8) is 0 Å². The summed E-state index contributed by atoms with van der Waals surface area (Å²) in [5.41, 5.74) is 4.64. The summed E-state index contributed by atoms with van der Waals surface area (Å²) in [5.74, 6) is 2.00. The van der Waals surface area contributed by atoms with Crippen molar-refractivity contribution in [3.05, 3.63) is 114 Å². The molecule has 10 heteroatoms. The van der Waals surface area contributed by atoms with Gasteiger partial charge in [0.1, 0.15) is 5.82 Å². The second-order valence-electron chi connectivity index (χ2n) is 14.0. The molecule has 2 saturated heterocycles. The van der Waals surface area contributed by atoms with Crippen molar-refractivity contribution in [1.82, 2.24) is 19.8 Å². The first-order valence-corrected chi connectivity index (χ1v) is 18.2. The van der Waals surface area contributed by atoms with Gasteiger partial charge in [0.15, 0.2) is 11.5 Å². The number of amides is 1. The average Bonchev–Trinajstić information content (AvgIpc) is 3.64. The van der Waals surface area contributed by atoms with Gasteiger partial charge >= 0.3 is 0 Å². The number of likely N-dealkylation sites (tertiary alicyclic amines) is 2. The first-order chi connectivity index (χ1) is 25.4. The molecule has 4 aromatic carbocycles. The fourth-order valence-electron chi connectivity index (χ4n) is 8.13. The van der Waals surface area contributed by atoms with Crippen LogP contribution in [0.5, 0.6) is 17.2 Å². The zero-order chi connectivity index (χ0) is 36.1. The highest BCUT2D eigenvalue weighted by atomic mass is 19.1. The molecule has 2 fully saturated rings. The van der Waals surface area contributed by atoms with Gasteiger partial charge in [0.05, 0.1) is 32.4 Å². The normalized spacial score (nSPS) is 18.3. The number of nitrogens with zero attached hydrogens (tertiary/aromatic N) is 4. The summed E-state index contributed by atoms with van der Waals surface area (Å²) in [6.07, 6.45) is 4.86. The van der Waals surface area contributed by atoms with Crippen LogP contribution in [0.15, 0.2) is 91.0 Å². The summed E-state index contributed by atoms with van der Waals surface area (Å²) in [6, 6.07) is 29.4. The number of aromatic amines is 1. The minimum absolute atomic E-state index is 0.0353. The molecule has 0 aliphatic carbocycles. The van der Waals surface area contributed by atoms with E-state index < -0.39 is 0 Å². The third-order valence-electron chi connectivity index (χ3n) is 11.0. The quantitative estimate of drug-likeness (QED) is 0.144. The number of nitrogens with one attached hydrogen (secondary N) is 1. The molecule has 52 heavy (non-hydrogen) atoms. The molecule has 2 aliphatic heterocycles. The van der Waals surface area contributed by atoms with Gasteiger partial charge in [-0.15, -0.1) is 0 Å². The molecule has 0 radical (unpaired) electrons. The summed E-state index contributed by atoms with van der Waals surface area (Å²) in [7, 11) is 4.70. The number of hydrogen-bond donors (Lipinski definition) is 1. The van der Waals surface area contributed by atoms with Crippen LogP contribution in [-0.4, -0.2) is 85.8 Å². The Kier molecular flexibility index (Phi) is 10.6. The van der Waals surface area contributed by atoms with Crippen LogP contribution in [0.25, 0.3) is 11.0 Å². The van der Waals surface area contributed by atoms with Gasteiger partial charge in [0.2, 0.25) is 11.7 Å². The van der Waals surface area contributed by atoms with Gasteiger partial charge in [0.25, 0.3) is 5.91 Å². The Balaban J connectivity index is 1.06. The smallest absolute Gasteiger partial charge is 0.254 e. The second-order valence-corrected chi connectivity index (χ2v) is 14.0. The van der Waals surface area contributed by atoms with Crippen molar-refractivity contribution in [3.8, 4) is 17.2 Å². The van der Waals surface area contributed by atoms with Crippen LogP contribution in [0.4, 0.5) is 10.3 Å². The van der Waals surface area contributed by atoms with Gasteiger partial charge < -0.3 is 33.9 Å². The van der Waals surface area contributed by atoms with Crippen molar-refractivity contribution in [2.45, 2.75) is 50.1 Å². The van der Waals surface area contributed by atoms with Crippen molar-refractivity contribution in [2.24, 2.45) is 0 Å². The lowest BCUT2D eigenvalue weighted by Gasteiger charge is -2.45. The molecule has 2 aliphatic rings. The van der Waals surface area contributed by atoms with Gasteiger partial charge in [-0.2, -0.15) is 0 Å². The molecule has 7 rings (SSSR count). The van der Waals surface area contributed by atoms with E-state index in [1.807, 2.05) is 35.2 Å². The van der Waals surface area contributed by atoms with E-state index in [4.69, 9.17) is 19.2 Å². The molecular weight excluding hydrogens is 657 g/mol. The molecule has 1 aromatic heterocycles. The van der Waals surface area contributed by atoms with E-state index in [0.717, 1.165) is 74.3 Å². The Labute approximate surface area is 305 Å². The van der Waals surface area contributed by atoms with Crippen LogP contribution in [0.1, 0.15) is 53.6 Å². The predicted octanol–water partition coefficient (Wildman–Crippen LogP) is 7.46. The minimum Gasteiger partial charge on any atom is -0.493 e. The van der Waals surface area contributed by atoms with Crippen LogP contribution in [0.2, 0.25) is 0 Å². The first-order valence-electron chi connectivity index (χ1n) is 18.2. The molecule has 1 atom stereocenters. The number of aromatic nitrogens is 2. The Bertz CT molecular complexity index is 1900. The lowest BCUT2D eigenvalue weighted by Crippen LogP contribution is -2.51. The van der Waals surface area contributed by atoms with Crippen LogP contribution in [0, 0.1) is 5.82 Å². The van der Waals surface area contributed by atoms with E-state index in [-0.39, 0.29) is 23.2 Å². The molecule has 1 N–H and O–H groups in total. The minimum atomic E-state index is -0.229. The number of rotatable bonds is 12. The Morgan fingerprint density at radius 3 is 2.27 bits per heavy atom. The zero-order valence-electron chi connectivity index (χ0n) is 30.3. The summed E-state index contributed by atoms with van der Waals surface area (Å²) in [4.78, 5) is 29.6. The van der Waals surface area contributed by atoms with Crippen LogP contribution >= 0.6 is 0 Å². The molecule has 5 aromatic rings. The maximum absolute atomic E-state index is 14.1. The first kappa shape index (κ1) is 35.3. The highest BCUT2D eigenvalue weighted by Gasteiger charge is 2.40. The fraction of sp³-hybridized carbons (Fsp3) is 0.381. The summed E-state index contributed by atoms with van der Waals surface area (Å²) in [6.45, 7) is 4.85. The third kappa shape index (κ3) is 7.44. The monoisotopic (exact) mass is 705 g/mol. The van der Waals surface area contributed by atoms with Crippen molar-refractivity contribution in [2.75, 3.05) is 59.0 Å². The fourth-order valence-corrected chi connectivity index (χ4v) is 8.13. The number of methoxy groups -OCH3 is 3. The Morgan fingerprint density at radius 2 is 1.60 bits per heavy atom. The topological polar surface area (TPSA) is 83.2 Å². The number of para-hydroxylation sites is 2. The highest BCUT2D eigenvalue weighted by molar-refractivity contribution is 5.96. The van der Waals surface area contributed by atoms with Gasteiger partial charge in [-0.25, -0.2) is 9.37 Å². The summed E-state index contributed by atoms with van der Waals surface area (Å²) in [5, 5.41) is 0. The molecule has 272 valence electrons. The van der Waals surface area contributed by atoms with Crippen molar-refractivity contribution < 1.29 is 23.4 Å². The number of halogens is 1. The number of H-pyrrole nitrogens is 1. The van der Waals surface area contributed by atoms with Crippen LogP contribution in [-0.2, 0) is 12.0 Å². The molecule has 9 nitrogen and oxygen atoms in total. The number of carbonyl (C=O) groups is 1. The highest BCUT2D eigenvalue weighted by Crippen LogP contribution is 2.41. The molecule has 3 heterocycles. The molecule has 0 bridgehead atoms. The standard InChI is InChI=1S/C42H48FN5O4/c1-50-37-26-31(27-38(51-2)39(37)52-3)40(49)47-22-9-20-42(29-47,32-10-5-4-6-11-32)21-25-46-23-18-34(19-24-46)48(28-30-14-16-33(43)17-15-30)41-44-35-12-7-8-13-36(35)45-41/h4-8,10-17,26-27,34H,9,18-25,28-29H2,1-3H3,(H,44,45). The van der Waals surface area contributed by atoms with E-state index in [2.05, 4.69) is 51.2 Å². The lowest BCUT2D eigenvalue weighted by atomic mass is 9.71. The second kappa shape index (κ2) is 15.7. The number of anilines is 1. The summed E-state index contributed by atoms with van der Waals surface area (Å²) < 4.78 is 30.4. The van der Waals surface area contributed by atoms with Crippen molar-refractivity contribution in [1.29, 1.82) is 0 Å². The molecular formula is C42H48FN5O4. The van der Waals surface area contributed by atoms with Crippen molar-refractivity contribution >= 4 is 22.9 Å². The lowest BCUT2D eigenvalue weighted by molar-refractivity contribution is 0.0606. The number of ether oxygens (including phenoxy) is 3. The zero-order valence-corrected chi connectivity index (χ0v) is 30.3. The molecule has 0 spiro atoms. The maximum Gasteiger partial charge on any atom is 0.254 e. The van der Waals surface area contributed by atoms with E-state index in [1.54, 1.807) is 33.5 Å². The number of benzene rings is 4. The van der Waals surface area contributed by atoms with E-state index >= 15 is 0 Å². The van der Waals surface area contributed by atoms with E-state index in [9.17, 15) is 9.18 Å². The van der Waals surface area contributed by atoms with Crippen LogP contribution < -0.4 is 19.1 Å². The van der Waals surface area contributed by atoms with E-state index in [1.165, 1.54) is 17.7 Å². The molecule has 1 amide bonds. The Morgan fingerprint density at radius 1 is 0.904 bits per heavy atom. The Hall–Kier alpha value is -5.09. The third-order valence-corrected chi connectivity index (χ3v) is 11.0. The maximum atomic E-state index is 14.1. The largest absolute Gasteiger partial charge is 0.493 e. The average molecular weight is 706 g/mol. The van der Waals surface area contributed by atoms with E-state index in [0.29, 0.717) is 42.4 Å². The van der Waals surface area contributed by atoms with Gasteiger partial charge in [0, 0.05) is 49.7 Å². The molecule has 0 saturated carbocycles. The summed E-state index contributed by atoms with van der Waals surface area (Å²) >= 11 is 0. The van der Waals surface area contributed by atoms with Gasteiger partial charge in [-0.3, -0.25) is 4.79 Å². The number of hydrogen-bond acceptors (Lipinski definition) is 7. The van der Waals surface area contributed by atoms with Gasteiger partial charge in [-0.05, 0) is 86.2 Å². The number of piperidine rings is 2.